The molecule has 23 heavy (non-hydrogen) atoms. The summed E-state index contributed by atoms with van der Waals surface area (Å²) in [5.74, 6) is -1.57. The number of carbonyl (C=O) groups excluding carboxylic acids is 1. The lowest BCUT2D eigenvalue weighted by Gasteiger charge is -2.04. The number of rotatable bonds is 4. The van der Waals surface area contributed by atoms with Gasteiger partial charge in [-0.1, -0.05) is 29.5 Å². The fourth-order valence-electron chi connectivity index (χ4n) is 2.01. The van der Waals surface area contributed by atoms with Gasteiger partial charge in [-0.05, 0) is 29.8 Å². The van der Waals surface area contributed by atoms with E-state index in [1.54, 1.807) is 0 Å². The molecule has 0 aliphatic carbocycles. The molecule has 0 aliphatic heterocycles. The molecule has 0 saturated carbocycles. The van der Waals surface area contributed by atoms with Crippen molar-refractivity contribution in [2.45, 2.75) is 6.54 Å². The highest BCUT2D eigenvalue weighted by molar-refractivity contribution is 5.91. The first-order chi connectivity index (χ1) is 11.1. The minimum atomic E-state index is -0.730. The molecular formula is C16H13FN4O2. The van der Waals surface area contributed by atoms with Crippen molar-refractivity contribution >= 4 is 5.91 Å². The van der Waals surface area contributed by atoms with Gasteiger partial charge in [-0.25, -0.2) is 9.07 Å². The second-order valence-electron chi connectivity index (χ2n) is 4.85. The zero-order chi connectivity index (χ0) is 16.2. The van der Waals surface area contributed by atoms with Crippen molar-refractivity contribution in [1.82, 2.24) is 20.3 Å². The van der Waals surface area contributed by atoms with E-state index in [9.17, 15) is 9.18 Å². The van der Waals surface area contributed by atoms with Gasteiger partial charge in [-0.2, -0.15) is 0 Å². The molecular weight excluding hydrogens is 299 g/mol. The maximum Gasteiger partial charge on any atom is 0.273 e. The molecule has 1 amide bonds. The predicted octanol–water partition coefficient (Wildman–Crippen LogP) is 2.04. The number of halogens is 1. The number of aromatic nitrogens is 3. The second kappa shape index (κ2) is 6.27. The van der Waals surface area contributed by atoms with E-state index in [-0.39, 0.29) is 12.2 Å². The van der Waals surface area contributed by atoms with Crippen molar-refractivity contribution in [3.63, 3.8) is 0 Å². The summed E-state index contributed by atoms with van der Waals surface area (Å²) >= 11 is 0. The van der Waals surface area contributed by atoms with E-state index in [0.29, 0.717) is 5.56 Å². The summed E-state index contributed by atoms with van der Waals surface area (Å²) in [6.07, 6.45) is 1.52. The van der Waals surface area contributed by atoms with Gasteiger partial charge in [0.2, 0.25) is 0 Å². The first-order valence-electron chi connectivity index (χ1n) is 6.87. The van der Waals surface area contributed by atoms with Crippen LogP contribution in [0.15, 0.2) is 54.7 Å². The number of amides is 1. The fourth-order valence-corrected chi connectivity index (χ4v) is 2.01. The lowest BCUT2D eigenvalue weighted by atomic mass is 10.2. The molecule has 3 rings (SSSR count). The smallest absolute Gasteiger partial charge is 0.273 e. The van der Waals surface area contributed by atoms with Crippen LogP contribution in [-0.4, -0.2) is 26.0 Å². The van der Waals surface area contributed by atoms with Crippen molar-refractivity contribution in [3.8, 4) is 11.4 Å². The molecule has 3 aromatic rings. The molecule has 0 saturated heterocycles. The third-order valence-corrected chi connectivity index (χ3v) is 3.21. The van der Waals surface area contributed by atoms with Gasteiger partial charge < -0.3 is 10.4 Å². The largest absolute Gasteiger partial charge is 0.505 e. The maximum atomic E-state index is 13.2. The minimum absolute atomic E-state index is 0.119. The lowest BCUT2D eigenvalue weighted by Crippen LogP contribution is -2.23. The van der Waals surface area contributed by atoms with Crippen LogP contribution in [-0.2, 0) is 6.54 Å². The topological polar surface area (TPSA) is 80.0 Å². The van der Waals surface area contributed by atoms with Gasteiger partial charge in [0.05, 0.1) is 11.9 Å². The maximum absolute atomic E-state index is 13.2. The number of hydrogen-bond donors (Lipinski definition) is 2. The van der Waals surface area contributed by atoms with Crippen molar-refractivity contribution < 1.29 is 14.3 Å². The number of para-hydroxylation sites is 1. The van der Waals surface area contributed by atoms with E-state index in [1.807, 2.05) is 30.3 Å². The summed E-state index contributed by atoms with van der Waals surface area (Å²) in [4.78, 5) is 12.0. The molecule has 0 bridgehead atoms. The van der Waals surface area contributed by atoms with E-state index in [1.165, 1.54) is 23.0 Å². The van der Waals surface area contributed by atoms with Gasteiger partial charge in [-0.15, -0.1) is 5.10 Å². The summed E-state index contributed by atoms with van der Waals surface area (Å²) in [5.41, 5.74) is 1.48. The number of aromatic hydroxyl groups is 1. The van der Waals surface area contributed by atoms with Crippen LogP contribution < -0.4 is 5.32 Å². The van der Waals surface area contributed by atoms with E-state index < -0.39 is 17.5 Å². The van der Waals surface area contributed by atoms with E-state index in [2.05, 4.69) is 15.6 Å². The summed E-state index contributed by atoms with van der Waals surface area (Å²) in [6, 6.07) is 13.2. The Balaban J connectivity index is 1.67. The molecule has 1 aromatic heterocycles. The van der Waals surface area contributed by atoms with Crippen molar-refractivity contribution in [3.05, 3.63) is 71.8 Å². The van der Waals surface area contributed by atoms with Crippen LogP contribution in [0.5, 0.6) is 5.75 Å². The van der Waals surface area contributed by atoms with Gasteiger partial charge in [0.1, 0.15) is 0 Å². The van der Waals surface area contributed by atoms with Crippen LogP contribution >= 0.6 is 0 Å². The van der Waals surface area contributed by atoms with Gasteiger partial charge in [-0.3, -0.25) is 4.79 Å². The number of nitrogens with zero attached hydrogens (tertiary/aromatic N) is 3. The number of carbonyl (C=O) groups is 1. The van der Waals surface area contributed by atoms with E-state index >= 15 is 0 Å². The molecule has 0 radical (unpaired) electrons. The third-order valence-electron chi connectivity index (χ3n) is 3.21. The van der Waals surface area contributed by atoms with Crippen molar-refractivity contribution in [2.24, 2.45) is 0 Å². The minimum Gasteiger partial charge on any atom is -0.505 e. The SMILES string of the molecule is O=C(NCc1ccc(O)c(F)c1)c1cn(-c2ccccc2)nn1. The van der Waals surface area contributed by atoms with Gasteiger partial charge >= 0.3 is 0 Å². The Kier molecular flexibility index (Phi) is 4.01. The van der Waals surface area contributed by atoms with Crippen LogP contribution in [0.25, 0.3) is 5.69 Å². The monoisotopic (exact) mass is 312 g/mol. The average molecular weight is 312 g/mol. The number of nitrogens with one attached hydrogen (secondary N) is 1. The first-order valence-corrected chi connectivity index (χ1v) is 6.87. The van der Waals surface area contributed by atoms with E-state index in [0.717, 1.165) is 11.8 Å². The zero-order valence-corrected chi connectivity index (χ0v) is 12.0. The third kappa shape index (κ3) is 3.34. The molecule has 2 N–H and O–H groups in total. The van der Waals surface area contributed by atoms with Crippen LogP contribution in [0, 0.1) is 5.82 Å². The highest BCUT2D eigenvalue weighted by atomic mass is 19.1. The average Bonchev–Trinajstić information content (AvgIpc) is 3.06. The molecule has 0 fully saturated rings. The molecule has 1 heterocycles. The molecule has 0 atom stereocenters. The molecule has 7 heteroatoms. The van der Waals surface area contributed by atoms with Crippen LogP contribution in [0.1, 0.15) is 16.1 Å². The zero-order valence-electron chi connectivity index (χ0n) is 12.0. The summed E-state index contributed by atoms with van der Waals surface area (Å²) in [7, 11) is 0. The van der Waals surface area contributed by atoms with Crippen molar-refractivity contribution in [1.29, 1.82) is 0 Å². The quantitative estimate of drug-likeness (QED) is 0.772. The van der Waals surface area contributed by atoms with Crippen LogP contribution in [0.2, 0.25) is 0 Å². The first kappa shape index (κ1) is 14.7. The molecule has 0 spiro atoms. The predicted molar refractivity (Wildman–Crippen MR) is 80.6 cm³/mol. The normalized spacial score (nSPS) is 10.5. The Morgan fingerprint density at radius 2 is 2.00 bits per heavy atom. The number of phenolic OH excluding ortho intramolecular Hbond substituents is 1. The Bertz CT molecular complexity index is 833. The molecule has 0 unspecified atom stereocenters. The number of benzene rings is 2. The molecule has 0 aliphatic rings. The lowest BCUT2D eigenvalue weighted by molar-refractivity contribution is 0.0946. The summed E-state index contributed by atoms with van der Waals surface area (Å²) < 4.78 is 14.7. The highest BCUT2D eigenvalue weighted by Gasteiger charge is 2.11. The Labute approximate surface area is 131 Å². The van der Waals surface area contributed by atoms with Crippen molar-refractivity contribution in [2.75, 3.05) is 0 Å². The van der Waals surface area contributed by atoms with Gasteiger partial charge in [0.25, 0.3) is 5.91 Å². The van der Waals surface area contributed by atoms with Crippen LogP contribution in [0.4, 0.5) is 4.39 Å². The second-order valence-corrected chi connectivity index (χ2v) is 4.85. The van der Waals surface area contributed by atoms with Gasteiger partial charge in [0, 0.05) is 6.54 Å². The number of phenols is 1. The Morgan fingerprint density at radius 1 is 1.22 bits per heavy atom. The van der Waals surface area contributed by atoms with Crippen LogP contribution in [0.3, 0.4) is 0 Å². The Morgan fingerprint density at radius 3 is 2.74 bits per heavy atom. The molecule has 116 valence electrons. The number of hydrogen-bond acceptors (Lipinski definition) is 4. The summed E-state index contributed by atoms with van der Waals surface area (Å²) in [6.45, 7) is 0.119. The summed E-state index contributed by atoms with van der Waals surface area (Å²) in [5, 5.41) is 19.5. The standard InChI is InChI=1S/C16H13FN4O2/c17-13-8-11(6-7-15(13)22)9-18-16(23)14-10-21(20-19-14)12-4-2-1-3-5-12/h1-8,10,22H,9H2,(H,18,23). The van der Waals surface area contributed by atoms with Gasteiger partial charge in [0.15, 0.2) is 17.3 Å². The molecule has 2 aromatic carbocycles. The van der Waals surface area contributed by atoms with E-state index in [4.69, 9.17) is 5.11 Å². The molecule has 6 nitrogen and oxygen atoms in total. The Hall–Kier alpha value is -3.22. The fraction of sp³-hybridized carbons (Fsp3) is 0.0625. The highest BCUT2D eigenvalue weighted by Crippen LogP contribution is 2.16.